The number of aliphatic hydroxyl groups is 1. The Balaban J connectivity index is 2.58. The van der Waals surface area contributed by atoms with Crippen molar-refractivity contribution in [2.24, 2.45) is 5.92 Å². The maximum absolute atomic E-state index is 11.0. The van der Waals surface area contributed by atoms with Gasteiger partial charge in [0.15, 0.2) is 0 Å². The smallest absolute Gasteiger partial charge is 0.293 e. The highest BCUT2D eigenvalue weighted by Crippen LogP contribution is 2.28. The summed E-state index contributed by atoms with van der Waals surface area (Å²) in [5, 5.41) is 9.20. The number of rotatable bonds is 3. The second-order valence-electron chi connectivity index (χ2n) is 3.11. The lowest BCUT2D eigenvalue weighted by Crippen LogP contribution is -2.23. The van der Waals surface area contributed by atoms with E-state index in [0.29, 0.717) is 19.3 Å². The molecule has 4 nitrogen and oxygen atoms in total. The summed E-state index contributed by atoms with van der Waals surface area (Å²) in [6, 6.07) is 0. The van der Waals surface area contributed by atoms with Crippen molar-refractivity contribution in [1.82, 2.24) is 0 Å². The standard InChI is InChI=1S/C8H12O4/c1-5(10)7-2-6(11)3-8(7)12-4-9/h4,6-8,11H,2-3H2,1H3. The van der Waals surface area contributed by atoms with Gasteiger partial charge in [0.2, 0.25) is 0 Å². The lowest BCUT2D eigenvalue weighted by Gasteiger charge is -2.13. The number of ketones is 1. The first-order chi connectivity index (χ1) is 5.65. The molecule has 1 N–H and O–H groups in total. The van der Waals surface area contributed by atoms with E-state index in [2.05, 4.69) is 4.74 Å². The lowest BCUT2D eigenvalue weighted by molar-refractivity contribution is -0.138. The van der Waals surface area contributed by atoms with Gasteiger partial charge in [-0.25, -0.2) is 0 Å². The zero-order valence-electron chi connectivity index (χ0n) is 6.90. The summed E-state index contributed by atoms with van der Waals surface area (Å²) in [6.45, 7) is 1.78. The predicted molar refractivity (Wildman–Crippen MR) is 40.3 cm³/mol. The van der Waals surface area contributed by atoms with Crippen LogP contribution in [0, 0.1) is 5.92 Å². The number of carbonyl (C=O) groups is 2. The van der Waals surface area contributed by atoms with Crippen molar-refractivity contribution in [3.8, 4) is 0 Å². The molecule has 0 bridgehead atoms. The van der Waals surface area contributed by atoms with Gasteiger partial charge in [-0.05, 0) is 13.3 Å². The van der Waals surface area contributed by atoms with Crippen LogP contribution in [0.4, 0.5) is 0 Å². The molecule has 0 amide bonds. The molecule has 1 saturated carbocycles. The molecule has 0 radical (unpaired) electrons. The fraction of sp³-hybridized carbons (Fsp3) is 0.750. The zero-order valence-corrected chi connectivity index (χ0v) is 6.90. The number of hydrogen-bond donors (Lipinski definition) is 1. The fourth-order valence-corrected chi connectivity index (χ4v) is 1.62. The van der Waals surface area contributed by atoms with Crippen molar-refractivity contribution < 1.29 is 19.4 Å². The van der Waals surface area contributed by atoms with Gasteiger partial charge in [-0.3, -0.25) is 9.59 Å². The van der Waals surface area contributed by atoms with Gasteiger partial charge in [0.1, 0.15) is 11.9 Å². The summed E-state index contributed by atoms with van der Waals surface area (Å²) in [5.41, 5.74) is 0. The summed E-state index contributed by atoms with van der Waals surface area (Å²) < 4.78 is 4.69. The fourth-order valence-electron chi connectivity index (χ4n) is 1.62. The average molecular weight is 172 g/mol. The first-order valence-electron chi connectivity index (χ1n) is 3.92. The lowest BCUT2D eigenvalue weighted by atomic mass is 10.0. The third-order valence-corrected chi connectivity index (χ3v) is 2.23. The molecule has 12 heavy (non-hydrogen) atoms. The summed E-state index contributed by atoms with van der Waals surface area (Å²) in [6.07, 6.45) is -0.143. The van der Waals surface area contributed by atoms with Crippen LogP contribution in [0.1, 0.15) is 19.8 Å². The van der Waals surface area contributed by atoms with Gasteiger partial charge in [-0.2, -0.15) is 0 Å². The number of hydrogen-bond acceptors (Lipinski definition) is 4. The highest BCUT2D eigenvalue weighted by atomic mass is 16.5. The molecule has 0 saturated heterocycles. The first-order valence-corrected chi connectivity index (χ1v) is 3.92. The molecule has 68 valence electrons. The van der Waals surface area contributed by atoms with Gasteiger partial charge in [-0.15, -0.1) is 0 Å². The molecular weight excluding hydrogens is 160 g/mol. The van der Waals surface area contributed by atoms with Gasteiger partial charge in [0.05, 0.1) is 12.0 Å². The van der Waals surface area contributed by atoms with Crippen molar-refractivity contribution >= 4 is 12.3 Å². The summed E-state index contributed by atoms with van der Waals surface area (Å²) in [4.78, 5) is 21.0. The molecule has 1 aliphatic rings. The van der Waals surface area contributed by atoms with Gasteiger partial charge in [-0.1, -0.05) is 0 Å². The highest BCUT2D eigenvalue weighted by molar-refractivity contribution is 5.79. The van der Waals surface area contributed by atoms with Crippen LogP contribution in [0.25, 0.3) is 0 Å². The molecule has 0 aliphatic heterocycles. The van der Waals surface area contributed by atoms with E-state index in [1.54, 1.807) is 0 Å². The van der Waals surface area contributed by atoms with E-state index in [0.717, 1.165) is 0 Å². The monoisotopic (exact) mass is 172 g/mol. The average Bonchev–Trinajstić information content (AvgIpc) is 2.32. The van der Waals surface area contributed by atoms with E-state index in [1.165, 1.54) is 6.92 Å². The quantitative estimate of drug-likeness (QED) is 0.603. The summed E-state index contributed by atoms with van der Waals surface area (Å²) in [7, 11) is 0. The second kappa shape index (κ2) is 3.67. The van der Waals surface area contributed by atoms with Crippen molar-refractivity contribution in [2.45, 2.75) is 32.0 Å². The first kappa shape index (κ1) is 9.19. The van der Waals surface area contributed by atoms with Crippen molar-refractivity contribution in [3.63, 3.8) is 0 Å². The Labute approximate surface area is 70.5 Å². The Morgan fingerprint density at radius 3 is 2.75 bits per heavy atom. The predicted octanol–water partition coefficient (Wildman–Crippen LogP) is -0.112. The zero-order chi connectivity index (χ0) is 9.14. The van der Waals surface area contributed by atoms with Gasteiger partial charge < -0.3 is 9.84 Å². The third-order valence-electron chi connectivity index (χ3n) is 2.23. The maximum atomic E-state index is 11.0. The van der Waals surface area contributed by atoms with Crippen LogP contribution in [0.5, 0.6) is 0 Å². The molecule has 4 heteroatoms. The van der Waals surface area contributed by atoms with Crippen molar-refractivity contribution in [2.75, 3.05) is 0 Å². The molecule has 0 aromatic carbocycles. The molecule has 1 aliphatic carbocycles. The number of carbonyl (C=O) groups excluding carboxylic acids is 2. The van der Waals surface area contributed by atoms with E-state index in [1.807, 2.05) is 0 Å². The summed E-state index contributed by atoms with van der Waals surface area (Å²) in [5.74, 6) is -0.344. The van der Waals surface area contributed by atoms with E-state index < -0.39 is 12.2 Å². The number of aliphatic hydroxyl groups excluding tert-OH is 1. The van der Waals surface area contributed by atoms with E-state index >= 15 is 0 Å². The normalized spacial score (nSPS) is 34.7. The van der Waals surface area contributed by atoms with Crippen LogP contribution in [0.2, 0.25) is 0 Å². The molecule has 3 unspecified atom stereocenters. The summed E-state index contributed by atoms with van der Waals surface area (Å²) >= 11 is 0. The Hall–Kier alpha value is -0.900. The van der Waals surface area contributed by atoms with Crippen LogP contribution >= 0.6 is 0 Å². The maximum Gasteiger partial charge on any atom is 0.293 e. The number of Topliss-reactive ketones (excluding diaryl/α,β-unsaturated/α-hetero) is 1. The largest absolute Gasteiger partial charge is 0.464 e. The van der Waals surface area contributed by atoms with Crippen molar-refractivity contribution in [1.29, 1.82) is 0 Å². The van der Waals surface area contributed by atoms with Gasteiger partial charge >= 0.3 is 0 Å². The minimum atomic E-state index is -0.510. The van der Waals surface area contributed by atoms with Gasteiger partial charge in [0.25, 0.3) is 6.47 Å². The molecular formula is C8H12O4. The third kappa shape index (κ3) is 1.82. The SMILES string of the molecule is CC(=O)C1CC(O)CC1OC=O. The molecule has 0 aromatic heterocycles. The Morgan fingerprint density at radius 1 is 1.58 bits per heavy atom. The number of ether oxygens (including phenoxy) is 1. The Bertz CT molecular complexity index is 189. The minimum Gasteiger partial charge on any atom is -0.464 e. The van der Waals surface area contributed by atoms with Gasteiger partial charge in [0, 0.05) is 6.42 Å². The van der Waals surface area contributed by atoms with Crippen molar-refractivity contribution in [3.05, 3.63) is 0 Å². The second-order valence-corrected chi connectivity index (χ2v) is 3.11. The Kier molecular flexibility index (Phi) is 2.81. The molecule has 1 rings (SSSR count). The van der Waals surface area contributed by atoms with Crippen LogP contribution in [0.3, 0.4) is 0 Å². The van der Waals surface area contributed by atoms with Crippen LogP contribution in [-0.4, -0.2) is 29.6 Å². The van der Waals surface area contributed by atoms with Crippen LogP contribution < -0.4 is 0 Å². The molecule has 1 fully saturated rings. The molecule has 0 heterocycles. The van der Waals surface area contributed by atoms with E-state index in [4.69, 9.17) is 0 Å². The van der Waals surface area contributed by atoms with E-state index in [-0.39, 0.29) is 11.7 Å². The highest BCUT2D eigenvalue weighted by Gasteiger charge is 2.37. The molecule has 3 atom stereocenters. The molecule has 0 aromatic rings. The van der Waals surface area contributed by atoms with E-state index in [9.17, 15) is 14.7 Å². The minimum absolute atomic E-state index is 0.0293. The van der Waals surface area contributed by atoms with Crippen LogP contribution in [0.15, 0.2) is 0 Å². The topological polar surface area (TPSA) is 63.6 Å². The molecule has 0 spiro atoms. The van der Waals surface area contributed by atoms with Crippen LogP contribution in [-0.2, 0) is 14.3 Å². The Morgan fingerprint density at radius 2 is 2.25 bits per heavy atom.